The summed E-state index contributed by atoms with van der Waals surface area (Å²) in [7, 11) is 0. The molecule has 0 heterocycles. The fourth-order valence-electron chi connectivity index (χ4n) is 1.97. The second-order valence-corrected chi connectivity index (χ2v) is 5.09. The number of carbonyl (C=O) groups excluding carboxylic acids is 1. The molecule has 0 saturated carbocycles. The highest BCUT2D eigenvalue weighted by Gasteiger charge is 2.22. The molecule has 1 aromatic carbocycles. The Bertz CT molecular complexity index is 551. The van der Waals surface area contributed by atoms with Crippen molar-refractivity contribution < 1.29 is 29.3 Å². The number of carbonyl (C=O) groups is 3. The summed E-state index contributed by atoms with van der Waals surface area (Å²) in [6.45, 7) is 0.0250. The fraction of sp³-hybridized carbons (Fsp3) is 0.400. The van der Waals surface area contributed by atoms with Gasteiger partial charge in [0, 0.05) is 0 Å². The van der Waals surface area contributed by atoms with Gasteiger partial charge in [0.05, 0.1) is 0 Å². The van der Waals surface area contributed by atoms with Crippen molar-refractivity contribution in [3.8, 4) is 0 Å². The molecule has 0 spiro atoms. The minimum atomic E-state index is -1.22. The van der Waals surface area contributed by atoms with E-state index in [0.29, 0.717) is 0 Å². The molecule has 132 valence electrons. The molecule has 0 aromatic heterocycles. The number of aliphatic carboxylic acids is 2. The number of nitrogens with one attached hydrogen (secondary N) is 2. The second-order valence-electron chi connectivity index (χ2n) is 5.09. The van der Waals surface area contributed by atoms with Crippen molar-refractivity contribution in [1.29, 1.82) is 0 Å². The minimum Gasteiger partial charge on any atom is -0.480 e. The molecule has 0 saturated heterocycles. The number of hydrogen-bond acceptors (Lipinski definition) is 6. The summed E-state index contributed by atoms with van der Waals surface area (Å²) >= 11 is 0. The lowest BCUT2D eigenvalue weighted by molar-refractivity contribution is -0.139. The number of rotatable bonds is 10. The third kappa shape index (κ3) is 7.07. The maximum Gasteiger partial charge on any atom is 0.408 e. The lowest BCUT2D eigenvalue weighted by Crippen LogP contribution is -2.43. The maximum atomic E-state index is 11.7. The molecule has 9 heteroatoms. The number of carboxylic acid groups (broad SMARTS) is 2. The van der Waals surface area contributed by atoms with Crippen molar-refractivity contribution in [3.05, 3.63) is 35.9 Å². The fourth-order valence-corrected chi connectivity index (χ4v) is 1.97. The smallest absolute Gasteiger partial charge is 0.408 e. The van der Waals surface area contributed by atoms with Gasteiger partial charge < -0.3 is 20.3 Å². The Morgan fingerprint density at radius 3 is 2.17 bits per heavy atom. The Labute approximate surface area is 138 Å². The van der Waals surface area contributed by atoms with Crippen LogP contribution in [0, 0.1) is 0 Å². The van der Waals surface area contributed by atoms with E-state index in [1.807, 2.05) is 6.07 Å². The van der Waals surface area contributed by atoms with Crippen molar-refractivity contribution in [2.45, 2.75) is 38.0 Å². The Morgan fingerprint density at radius 2 is 1.62 bits per heavy atom. The molecule has 0 aliphatic rings. The van der Waals surface area contributed by atoms with E-state index < -0.39 is 30.1 Å². The number of nitrogens with two attached hydrogens (primary N) is 1. The van der Waals surface area contributed by atoms with Gasteiger partial charge in [-0.3, -0.25) is 10.6 Å². The van der Waals surface area contributed by atoms with E-state index in [2.05, 4.69) is 10.7 Å². The summed E-state index contributed by atoms with van der Waals surface area (Å²) in [5, 5.41) is 20.2. The van der Waals surface area contributed by atoms with Crippen LogP contribution in [-0.4, -0.2) is 40.3 Å². The Morgan fingerprint density at radius 1 is 1.04 bits per heavy atom. The molecule has 2 atom stereocenters. The highest BCUT2D eigenvalue weighted by molar-refractivity contribution is 5.79. The SMILES string of the molecule is NNC(CCC[C@H](NC(=O)OCc1ccccc1)C(=O)O)C(=O)O. The van der Waals surface area contributed by atoms with Gasteiger partial charge in [-0.15, -0.1) is 0 Å². The molecule has 0 aliphatic heterocycles. The summed E-state index contributed by atoms with van der Waals surface area (Å²) in [6.07, 6.45) is -0.410. The topological polar surface area (TPSA) is 151 Å². The van der Waals surface area contributed by atoms with Crippen LogP contribution in [0.15, 0.2) is 30.3 Å². The molecule has 0 radical (unpaired) electrons. The van der Waals surface area contributed by atoms with Crippen LogP contribution in [-0.2, 0) is 20.9 Å². The standard InChI is InChI=1S/C15H21N3O6/c16-18-12(14(21)22)8-4-7-11(13(19)20)17-15(23)24-9-10-5-2-1-3-6-10/h1-3,5-6,11-12,18H,4,7-9,16H2,(H,17,23)(H,19,20)(H,21,22)/t11-,12?/m0/s1. The molecule has 1 amide bonds. The van der Waals surface area contributed by atoms with Crippen LogP contribution in [0.25, 0.3) is 0 Å². The van der Waals surface area contributed by atoms with Gasteiger partial charge in [0.25, 0.3) is 0 Å². The molecule has 1 unspecified atom stereocenters. The largest absolute Gasteiger partial charge is 0.480 e. The van der Waals surface area contributed by atoms with E-state index in [0.717, 1.165) is 5.56 Å². The van der Waals surface area contributed by atoms with Gasteiger partial charge in [0.1, 0.15) is 18.7 Å². The first-order valence-electron chi connectivity index (χ1n) is 7.33. The average molecular weight is 339 g/mol. The highest BCUT2D eigenvalue weighted by Crippen LogP contribution is 2.06. The van der Waals surface area contributed by atoms with Crippen molar-refractivity contribution >= 4 is 18.0 Å². The molecule has 6 N–H and O–H groups in total. The molecule has 1 aromatic rings. The van der Waals surface area contributed by atoms with Gasteiger partial charge in [0.15, 0.2) is 0 Å². The molecular weight excluding hydrogens is 318 g/mol. The minimum absolute atomic E-state index is 0.0250. The van der Waals surface area contributed by atoms with Crippen LogP contribution in [0.1, 0.15) is 24.8 Å². The number of ether oxygens (including phenoxy) is 1. The van der Waals surface area contributed by atoms with Gasteiger partial charge in [-0.1, -0.05) is 30.3 Å². The van der Waals surface area contributed by atoms with Gasteiger partial charge >= 0.3 is 18.0 Å². The molecule has 9 nitrogen and oxygen atoms in total. The molecule has 0 aliphatic carbocycles. The number of amides is 1. The zero-order valence-electron chi connectivity index (χ0n) is 13.0. The summed E-state index contributed by atoms with van der Waals surface area (Å²) in [6, 6.07) is 6.82. The first kappa shape index (κ1) is 19.4. The lowest BCUT2D eigenvalue weighted by Gasteiger charge is -2.16. The predicted octanol–water partition coefficient (Wildman–Crippen LogP) is 0.453. The van der Waals surface area contributed by atoms with E-state index in [9.17, 15) is 14.4 Å². The maximum absolute atomic E-state index is 11.7. The van der Waals surface area contributed by atoms with E-state index >= 15 is 0 Å². The predicted molar refractivity (Wildman–Crippen MR) is 83.8 cm³/mol. The summed E-state index contributed by atoms with van der Waals surface area (Å²) < 4.78 is 4.96. The number of hydrogen-bond donors (Lipinski definition) is 5. The summed E-state index contributed by atoms with van der Waals surface area (Å²) in [5.74, 6) is 2.74. The zero-order valence-corrected chi connectivity index (χ0v) is 13.0. The molecule has 1 rings (SSSR count). The van der Waals surface area contributed by atoms with Gasteiger partial charge in [-0.25, -0.2) is 15.0 Å². The summed E-state index contributed by atoms with van der Waals surface area (Å²) in [5.41, 5.74) is 2.90. The van der Waals surface area contributed by atoms with Crippen LogP contribution in [0.4, 0.5) is 4.79 Å². The average Bonchev–Trinajstić information content (AvgIpc) is 2.56. The van der Waals surface area contributed by atoms with Crippen LogP contribution in [0.3, 0.4) is 0 Å². The van der Waals surface area contributed by atoms with Crippen LogP contribution in [0.2, 0.25) is 0 Å². The van der Waals surface area contributed by atoms with Crippen molar-refractivity contribution in [1.82, 2.24) is 10.7 Å². The first-order chi connectivity index (χ1) is 11.4. The Balaban J connectivity index is 2.40. The normalized spacial score (nSPS) is 12.9. The van der Waals surface area contributed by atoms with Crippen molar-refractivity contribution in [3.63, 3.8) is 0 Å². The number of alkyl carbamates (subject to hydrolysis) is 1. The van der Waals surface area contributed by atoms with Crippen LogP contribution >= 0.6 is 0 Å². The monoisotopic (exact) mass is 339 g/mol. The zero-order chi connectivity index (χ0) is 17.9. The molecular formula is C15H21N3O6. The van der Waals surface area contributed by atoms with Gasteiger partial charge in [0.2, 0.25) is 0 Å². The molecule has 0 bridgehead atoms. The van der Waals surface area contributed by atoms with Gasteiger partial charge in [-0.05, 0) is 24.8 Å². The van der Waals surface area contributed by atoms with Crippen LogP contribution < -0.4 is 16.6 Å². The second kappa shape index (κ2) is 10.2. The van der Waals surface area contributed by atoms with Gasteiger partial charge in [-0.2, -0.15) is 0 Å². The quantitative estimate of drug-likeness (QED) is 0.304. The number of hydrazine groups is 1. The molecule has 0 fully saturated rings. The van der Waals surface area contributed by atoms with E-state index in [4.69, 9.17) is 20.8 Å². The third-order valence-electron chi connectivity index (χ3n) is 3.29. The Hall–Kier alpha value is -2.65. The number of carboxylic acids is 2. The lowest BCUT2D eigenvalue weighted by atomic mass is 10.1. The van der Waals surface area contributed by atoms with E-state index in [-0.39, 0.29) is 25.9 Å². The highest BCUT2D eigenvalue weighted by atomic mass is 16.5. The van der Waals surface area contributed by atoms with E-state index in [1.54, 1.807) is 24.3 Å². The Kier molecular flexibility index (Phi) is 8.23. The molecule has 24 heavy (non-hydrogen) atoms. The van der Waals surface area contributed by atoms with Crippen molar-refractivity contribution in [2.75, 3.05) is 0 Å². The van der Waals surface area contributed by atoms with Crippen LogP contribution in [0.5, 0.6) is 0 Å². The number of benzene rings is 1. The third-order valence-corrected chi connectivity index (χ3v) is 3.29. The summed E-state index contributed by atoms with van der Waals surface area (Å²) in [4.78, 5) is 33.6. The van der Waals surface area contributed by atoms with Crippen molar-refractivity contribution in [2.24, 2.45) is 5.84 Å². The van der Waals surface area contributed by atoms with E-state index in [1.165, 1.54) is 0 Å². The first-order valence-corrected chi connectivity index (χ1v) is 7.33.